The number of anilines is 1. The summed E-state index contributed by atoms with van der Waals surface area (Å²) in [6, 6.07) is 11.9. The summed E-state index contributed by atoms with van der Waals surface area (Å²) >= 11 is 0. The van der Waals surface area contributed by atoms with E-state index in [4.69, 9.17) is 9.47 Å². The topological polar surface area (TPSA) is 109 Å². The smallest absolute Gasteiger partial charge is 0.263 e. The maximum Gasteiger partial charge on any atom is 0.263 e. The largest absolute Gasteiger partial charge is 0.495 e. The van der Waals surface area contributed by atoms with Gasteiger partial charge in [0.25, 0.3) is 5.91 Å². The van der Waals surface area contributed by atoms with E-state index in [1.54, 1.807) is 13.3 Å². The fraction of sp³-hybridized carbons (Fsp3) is 0.400. The second-order valence-corrected chi connectivity index (χ2v) is 8.75. The third kappa shape index (κ3) is 4.96. The Hall–Kier alpha value is -3.27. The van der Waals surface area contributed by atoms with Crippen molar-refractivity contribution in [3.05, 3.63) is 53.9 Å². The van der Waals surface area contributed by atoms with Gasteiger partial charge in [0.15, 0.2) is 18.2 Å². The first-order valence-corrected chi connectivity index (χ1v) is 11.6. The molecule has 34 heavy (non-hydrogen) atoms. The summed E-state index contributed by atoms with van der Waals surface area (Å²) in [5.74, 6) is 1.59. The molecule has 2 aliphatic rings. The Morgan fingerprint density at radius 3 is 2.97 bits per heavy atom. The molecule has 178 valence electrons. The van der Waals surface area contributed by atoms with Crippen molar-refractivity contribution in [3.8, 4) is 11.5 Å². The van der Waals surface area contributed by atoms with Gasteiger partial charge in [0.1, 0.15) is 5.75 Å². The van der Waals surface area contributed by atoms with Gasteiger partial charge in [-0.05, 0) is 55.8 Å². The number of rotatable bonds is 7. The maximum atomic E-state index is 11.5. The molecule has 0 aliphatic carbocycles. The lowest BCUT2D eigenvalue weighted by Gasteiger charge is -2.33. The molecule has 1 unspecified atom stereocenters. The van der Waals surface area contributed by atoms with E-state index in [0.717, 1.165) is 48.1 Å². The van der Waals surface area contributed by atoms with Crippen molar-refractivity contribution in [1.29, 1.82) is 0 Å². The predicted molar refractivity (Wildman–Crippen MR) is 128 cm³/mol. The normalized spacial score (nSPS) is 17.6. The molecule has 1 saturated heterocycles. The van der Waals surface area contributed by atoms with Crippen LogP contribution >= 0.6 is 0 Å². The summed E-state index contributed by atoms with van der Waals surface area (Å²) < 4.78 is 10.7. The van der Waals surface area contributed by atoms with Gasteiger partial charge in [0.2, 0.25) is 0 Å². The summed E-state index contributed by atoms with van der Waals surface area (Å²) in [5, 5.41) is 18.2. The van der Waals surface area contributed by atoms with Crippen LogP contribution in [0.3, 0.4) is 0 Å². The third-order valence-corrected chi connectivity index (χ3v) is 6.45. The van der Waals surface area contributed by atoms with Crippen molar-refractivity contribution in [1.82, 2.24) is 20.2 Å². The summed E-state index contributed by atoms with van der Waals surface area (Å²) in [7, 11) is 1.62. The molecule has 5 rings (SSSR count). The van der Waals surface area contributed by atoms with Gasteiger partial charge in [0, 0.05) is 24.5 Å². The molecule has 9 nitrogen and oxygen atoms in total. The number of methoxy groups -OCH3 is 1. The number of hydrogen-bond donors (Lipinski definition) is 3. The lowest BCUT2D eigenvalue weighted by molar-refractivity contribution is -0.118. The van der Waals surface area contributed by atoms with Gasteiger partial charge in [-0.15, -0.1) is 0 Å². The SMILES string of the molecule is COc1cnc2cccc(C(O)CN3CCC(NCc4ccc5c(n4)NC(=O)CO5)CC3)c2c1. The number of piperidine rings is 1. The van der Waals surface area contributed by atoms with E-state index in [-0.39, 0.29) is 12.5 Å². The third-order valence-electron chi connectivity index (χ3n) is 6.45. The Morgan fingerprint density at radius 1 is 1.29 bits per heavy atom. The monoisotopic (exact) mass is 463 g/mol. The molecular weight excluding hydrogens is 434 g/mol. The average molecular weight is 464 g/mol. The summed E-state index contributed by atoms with van der Waals surface area (Å²) in [4.78, 5) is 22.7. The van der Waals surface area contributed by atoms with Crippen LogP contribution in [0.4, 0.5) is 5.82 Å². The van der Waals surface area contributed by atoms with Gasteiger partial charge in [-0.3, -0.25) is 9.78 Å². The van der Waals surface area contributed by atoms with E-state index in [1.165, 1.54) is 0 Å². The fourth-order valence-electron chi connectivity index (χ4n) is 4.57. The minimum atomic E-state index is -0.598. The van der Waals surface area contributed by atoms with Crippen molar-refractivity contribution in [2.24, 2.45) is 0 Å². The highest BCUT2D eigenvalue weighted by Gasteiger charge is 2.23. The number of carbonyl (C=O) groups excluding carboxylic acids is 1. The number of pyridine rings is 2. The number of β-amino-alcohol motifs (C(OH)–C–C–N with tert-alkyl or cyclic N) is 1. The first-order valence-electron chi connectivity index (χ1n) is 11.6. The lowest BCUT2D eigenvalue weighted by atomic mass is 10.0. The van der Waals surface area contributed by atoms with Gasteiger partial charge in [-0.25, -0.2) is 4.98 Å². The van der Waals surface area contributed by atoms with Crippen LogP contribution in [-0.2, 0) is 11.3 Å². The van der Waals surface area contributed by atoms with Crippen molar-refractivity contribution in [2.45, 2.75) is 31.5 Å². The second kappa shape index (κ2) is 9.92. The summed E-state index contributed by atoms with van der Waals surface area (Å²) in [6.07, 6.45) is 3.07. The number of ether oxygens (including phenoxy) is 2. The van der Waals surface area contributed by atoms with E-state index in [1.807, 2.05) is 36.4 Å². The zero-order chi connectivity index (χ0) is 23.5. The van der Waals surface area contributed by atoms with Crippen LogP contribution in [-0.4, -0.2) is 65.3 Å². The van der Waals surface area contributed by atoms with Crippen LogP contribution in [0, 0.1) is 0 Å². The zero-order valence-electron chi connectivity index (χ0n) is 19.2. The molecule has 2 aromatic heterocycles. The first kappa shape index (κ1) is 22.5. The van der Waals surface area contributed by atoms with Gasteiger partial charge in [0.05, 0.1) is 30.6 Å². The lowest BCUT2D eigenvalue weighted by Crippen LogP contribution is -2.43. The molecular formula is C25H29N5O4. The van der Waals surface area contributed by atoms with Crippen molar-refractivity contribution in [3.63, 3.8) is 0 Å². The van der Waals surface area contributed by atoms with Gasteiger partial charge in [-0.1, -0.05) is 12.1 Å². The molecule has 0 bridgehead atoms. The Kier molecular flexibility index (Phi) is 6.57. The van der Waals surface area contributed by atoms with E-state index >= 15 is 0 Å². The molecule has 4 heterocycles. The Bertz CT molecular complexity index is 1180. The molecule has 3 N–H and O–H groups in total. The van der Waals surface area contributed by atoms with Crippen LogP contribution < -0.4 is 20.1 Å². The van der Waals surface area contributed by atoms with Crippen LogP contribution in [0.2, 0.25) is 0 Å². The number of carbonyl (C=O) groups is 1. The number of amides is 1. The molecule has 1 atom stereocenters. The number of aliphatic hydroxyl groups excluding tert-OH is 1. The highest BCUT2D eigenvalue weighted by molar-refractivity contribution is 5.94. The standard InChI is InChI=1S/C25H29N5O4/c1-33-18-11-20-19(3-2-4-21(20)27-13-18)22(31)14-30-9-7-16(8-10-30)26-12-17-5-6-23-25(28-17)29-24(32)15-34-23/h2-6,11,13,16,22,26,31H,7-10,12,14-15H2,1H3,(H,28,29,32). The Morgan fingerprint density at radius 2 is 2.15 bits per heavy atom. The van der Waals surface area contributed by atoms with E-state index in [0.29, 0.717) is 36.4 Å². The van der Waals surface area contributed by atoms with Crippen molar-refractivity contribution >= 4 is 22.6 Å². The number of nitrogens with zero attached hydrogens (tertiary/aromatic N) is 3. The number of fused-ring (bicyclic) bond motifs is 2. The molecule has 2 aliphatic heterocycles. The summed E-state index contributed by atoms with van der Waals surface area (Å²) in [6.45, 7) is 3.05. The van der Waals surface area contributed by atoms with E-state index < -0.39 is 6.10 Å². The number of likely N-dealkylation sites (tertiary alicyclic amines) is 1. The van der Waals surface area contributed by atoms with E-state index in [2.05, 4.69) is 25.5 Å². The quantitative estimate of drug-likeness (QED) is 0.490. The molecule has 1 amide bonds. The minimum Gasteiger partial charge on any atom is -0.495 e. The maximum absolute atomic E-state index is 11.5. The first-order chi connectivity index (χ1) is 16.6. The highest BCUT2D eigenvalue weighted by Crippen LogP contribution is 2.28. The number of hydrogen-bond acceptors (Lipinski definition) is 8. The van der Waals surface area contributed by atoms with E-state index in [9.17, 15) is 9.90 Å². The zero-order valence-corrected chi connectivity index (χ0v) is 19.2. The van der Waals surface area contributed by atoms with Crippen LogP contribution in [0.25, 0.3) is 10.9 Å². The Balaban J connectivity index is 1.14. The molecule has 1 aromatic carbocycles. The van der Waals surface area contributed by atoms with Crippen LogP contribution in [0.5, 0.6) is 11.5 Å². The molecule has 9 heteroatoms. The number of aromatic nitrogens is 2. The fourth-order valence-corrected chi connectivity index (χ4v) is 4.57. The van der Waals surface area contributed by atoms with Gasteiger partial charge < -0.3 is 30.1 Å². The Labute approximate surface area is 198 Å². The summed E-state index contributed by atoms with van der Waals surface area (Å²) in [5.41, 5.74) is 2.59. The van der Waals surface area contributed by atoms with Crippen molar-refractivity contribution < 1.29 is 19.4 Å². The second-order valence-electron chi connectivity index (χ2n) is 8.75. The highest BCUT2D eigenvalue weighted by atomic mass is 16.5. The molecule has 0 saturated carbocycles. The van der Waals surface area contributed by atoms with Gasteiger partial charge in [-0.2, -0.15) is 0 Å². The van der Waals surface area contributed by atoms with Gasteiger partial charge >= 0.3 is 0 Å². The molecule has 1 fully saturated rings. The molecule has 0 radical (unpaired) electrons. The van der Waals surface area contributed by atoms with Crippen LogP contribution in [0.1, 0.15) is 30.2 Å². The average Bonchev–Trinajstić information content (AvgIpc) is 2.87. The van der Waals surface area contributed by atoms with Crippen molar-refractivity contribution in [2.75, 3.05) is 38.7 Å². The molecule has 0 spiro atoms. The number of benzene rings is 1. The number of aliphatic hydroxyl groups is 1. The predicted octanol–water partition coefficient (Wildman–Crippen LogP) is 2.26. The number of nitrogens with one attached hydrogen (secondary N) is 2. The molecule has 3 aromatic rings. The minimum absolute atomic E-state index is 0.0329. The van der Waals surface area contributed by atoms with Crippen LogP contribution in [0.15, 0.2) is 42.6 Å².